The second kappa shape index (κ2) is 8.25. The molecule has 0 aliphatic carbocycles. The monoisotopic (exact) mass is 405 g/mol. The van der Waals surface area contributed by atoms with Crippen LogP contribution >= 0.6 is 15.9 Å². The van der Waals surface area contributed by atoms with E-state index in [0.717, 1.165) is 4.47 Å². The molecule has 0 amide bonds. The van der Waals surface area contributed by atoms with Crippen LogP contribution in [0.15, 0.2) is 28.7 Å². The minimum atomic E-state index is -0.506. The van der Waals surface area contributed by atoms with Gasteiger partial charge in [-0.15, -0.1) is 0 Å². The molecule has 0 aliphatic heterocycles. The normalized spacial score (nSPS) is 10.4. The molecule has 0 aliphatic rings. The number of halogens is 1. The van der Waals surface area contributed by atoms with E-state index >= 15 is 0 Å². The zero-order valence-electron chi connectivity index (χ0n) is 14.7. The molecule has 0 bridgehead atoms. The summed E-state index contributed by atoms with van der Waals surface area (Å²) in [5, 5.41) is 0. The van der Waals surface area contributed by atoms with Crippen LogP contribution < -0.4 is 0 Å². The van der Waals surface area contributed by atoms with E-state index in [1.807, 2.05) is 24.3 Å². The minimum absolute atomic E-state index is 0.235. The van der Waals surface area contributed by atoms with Crippen LogP contribution in [0.1, 0.15) is 46.0 Å². The van der Waals surface area contributed by atoms with Gasteiger partial charge in [-0.1, -0.05) is 28.1 Å². The van der Waals surface area contributed by atoms with Gasteiger partial charge in [0.25, 0.3) is 0 Å². The van der Waals surface area contributed by atoms with Gasteiger partial charge in [-0.3, -0.25) is 4.98 Å². The predicted octanol–water partition coefficient (Wildman–Crippen LogP) is 4.48. The van der Waals surface area contributed by atoms with Gasteiger partial charge in [0, 0.05) is 10.0 Å². The Hall–Kier alpha value is -2.21. The van der Waals surface area contributed by atoms with Crippen LogP contribution in [0.3, 0.4) is 0 Å². The Labute approximate surface area is 155 Å². The number of ether oxygens (including phenoxy) is 2. The minimum Gasteiger partial charge on any atom is -0.462 e. The smallest absolute Gasteiger partial charge is 0.340 e. The van der Waals surface area contributed by atoms with Crippen molar-refractivity contribution in [1.29, 1.82) is 0 Å². The Balaban J connectivity index is 2.85. The summed E-state index contributed by atoms with van der Waals surface area (Å²) in [7, 11) is 0. The Morgan fingerprint density at radius 3 is 1.96 bits per heavy atom. The van der Waals surface area contributed by atoms with Crippen molar-refractivity contribution < 1.29 is 19.1 Å². The van der Waals surface area contributed by atoms with E-state index in [1.54, 1.807) is 27.7 Å². The molecule has 1 heterocycles. The van der Waals surface area contributed by atoms with Gasteiger partial charge >= 0.3 is 11.9 Å². The number of nitrogens with zero attached hydrogens (tertiary/aromatic N) is 1. The molecule has 2 rings (SSSR count). The number of pyridine rings is 1. The highest BCUT2D eigenvalue weighted by molar-refractivity contribution is 9.10. The molecule has 0 spiro atoms. The van der Waals surface area contributed by atoms with Crippen molar-refractivity contribution in [3.8, 4) is 11.1 Å². The predicted molar refractivity (Wildman–Crippen MR) is 98.8 cm³/mol. The van der Waals surface area contributed by atoms with Crippen LogP contribution in [-0.4, -0.2) is 30.1 Å². The highest BCUT2D eigenvalue weighted by Crippen LogP contribution is 2.33. The number of hydrogen-bond acceptors (Lipinski definition) is 5. The maximum atomic E-state index is 12.6. The molecule has 132 valence electrons. The van der Waals surface area contributed by atoms with E-state index in [4.69, 9.17) is 9.47 Å². The lowest BCUT2D eigenvalue weighted by molar-refractivity contribution is 0.0525. The maximum Gasteiger partial charge on any atom is 0.340 e. The summed E-state index contributed by atoms with van der Waals surface area (Å²) in [6.07, 6.45) is 0. The lowest BCUT2D eigenvalue weighted by Crippen LogP contribution is -2.17. The first-order valence-electron chi connectivity index (χ1n) is 8.02. The second-order valence-corrected chi connectivity index (χ2v) is 6.27. The summed E-state index contributed by atoms with van der Waals surface area (Å²) in [5.74, 6) is -1.01. The first-order valence-corrected chi connectivity index (χ1v) is 8.81. The average Bonchev–Trinajstić information content (AvgIpc) is 2.54. The maximum absolute atomic E-state index is 12.6. The molecule has 0 N–H and O–H groups in total. The lowest BCUT2D eigenvalue weighted by atomic mass is 9.92. The highest BCUT2D eigenvalue weighted by atomic mass is 79.9. The number of esters is 2. The summed E-state index contributed by atoms with van der Waals surface area (Å²) < 4.78 is 11.2. The molecule has 2 aromatic rings. The summed E-state index contributed by atoms with van der Waals surface area (Å²) >= 11 is 3.43. The van der Waals surface area contributed by atoms with Gasteiger partial charge in [-0.05, 0) is 45.4 Å². The fourth-order valence-electron chi connectivity index (χ4n) is 2.69. The lowest BCUT2D eigenvalue weighted by Gasteiger charge is -2.17. The Kier molecular flexibility index (Phi) is 6.31. The number of rotatable bonds is 5. The molecule has 0 radical (unpaired) electrons. The molecule has 1 aromatic heterocycles. The molecule has 0 atom stereocenters. The average molecular weight is 406 g/mol. The number of carbonyl (C=O) groups excluding carboxylic acids is 2. The molecule has 0 saturated carbocycles. The summed E-state index contributed by atoms with van der Waals surface area (Å²) in [6, 6.07) is 7.40. The third-order valence-electron chi connectivity index (χ3n) is 3.63. The number of benzene rings is 1. The van der Waals surface area contributed by atoms with Crippen molar-refractivity contribution in [3.63, 3.8) is 0 Å². The van der Waals surface area contributed by atoms with Crippen LogP contribution in [0.4, 0.5) is 0 Å². The van der Waals surface area contributed by atoms with E-state index in [9.17, 15) is 9.59 Å². The van der Waals surface area contributed by atoms with Crippen LogP contribution in [0.25, 0.3) is 11.1 Å². The Morgan fingerprint density at radius 1 is 1.00 bits per heavy atom. The van der Waals surface area contributed by atoms with Crippen molar-refractivity contribution in [2.24, 2.45) is 0 Å². The quantitative estimate of drug-likeness (QED) is 0.685. The Morgan fingerprint density at radius 2 is 1.52 bits per heavy atom. The first kappa shape index (κ1) is 19.1. The SMILES string of the molecule is CCOC(=O)c1c(C)nc(C)c(C(=O)OCC)c1-c1cccc(Br)c1. The summed E-state index contributed by atoms with van der Waals surface area (Å²) in [4.78, 5) is 29.5. The third kappa shape index (κ3) is 4.07. The zero-order chi connectivity index (χ0) is 18.6. The summed E-state index contributed by atoms with van der Waals surface area (Å²) in [5.41, 5.74) is 2.80. The number of aryl methyl sites for hydroxylation is 2. The van der Waals surface area contributed by atoms with Gasteiger partial charge in [0.1, 0.15) is 0 Å². The Bertz CT molecular complexity index is 775. The van der Waals surface area contributed by atoms with Crippen molar-refractivity contribution in [1.82, 2.24) is 4.98 Å². The fraction of sp³-hybridized carbons (Fsp3) is 0.316. The van der Waals surface area contributed by atoms with Crippen molar-refractivity contribution >= 4 is 27.9 Å². The van der Waals surface area contributed by atoms with E-state index < -0.39 is 11.9 Å². The van der Waals surface area contributed by atoms with Gasteiger partial charge in [0.2, 0.25) is 0 Å². The number of hydrogen-bond donors (Lipinski definition) is 0. The van der Waals surface area contributed by atoms with Crippen LogP contribution in [-0.2, 0) is 9.47 Å². The van der Waals surface area contributed by atoms with Crippen LogP contribution in [0.5, 0.6) is 0 Å². The molecular weight excluding hydrogens is 386 g/mol. The molecule has 5 nitrogen and oxygen atoms in total. The van der Waals surface area contributed by atoms with Crippen LogP contribution in [0.2, 0.25) is 0 Å². The molecular formula is C19H20BrNO4. The van der Waals surface area contributed by atoms with Gasteiger partial charge in [-0.2, -0.15) is 0 Å². The third-order valence-corrected chi connectivity index (χ3v) is 4.12. The van der Waals surface area contributed by atoms with Crippen molar-refractivity contribution in [2.45, 2.75) is 27.7 Å². The van der Waals surface area contributed by atoms with E-state index in [2.05, 4.69) is 20.9 Å². The topological polar surface area (TPSA) is 65.5 Å². The summed E-state index contributed by atoms with van der Waals surface area (Å²) in [6.45, 7) is 7.41. The van der Waals surface area contributed by atoms with Gasteiger partial charge in [-0.25, -0.2) is 9.59 Å². The molecule has 1 aromatic carbocycles. The van der Waals surface area contributed by atoms with E-state index in [-0.39, 0.29) is 24.3 Å². The standard InChI is InChI=1S/C19H20BrNO4/c1-5-24-18(22)15-11(3)21-12(4)16(19(23)25-6-2)17(15)13-8-7-9-14(20)10-13/h7-10H,5-6H2,1-4H3. The van der Waals surface area contributed by atoms with Gasteiger partial charge in [0.05, 0.1) is 35.7 Å². The molecule has 0 fully saturated rings. The van der Waals surface area contributed by atoms with Crippen LogP contribution in [0, 0.1) is 13.8 Å². The van der Waals surface area contributed by atoms with E-state index in [1.165, 1.54) is 0 Å². The highest BCUT2D eigenvalue weighted by Gasteiger charge is 2.27. The molecule has 25 heavy (non-hydrogen) atoms. The molecule has 0 unspecified atom stereocenters. The molecule has 0 saturated heterocycles. The van der Waals surface area contributed by atoms with Gasteiger partial charge < -0.3 is 9.47 Å². The number of carbonyl (C=O) groups is 2. The zero-order valence-corrected chi connectivity index (χ0v) is 16.3. The van der Waals surface area contributed by atoms with Crippen molar-refractivity contribution in [3.05, 3.63) is 51.3 Å². The molecule has 6 heteroatoms. The van der Waals surface area contributed by atoms with Crippen molar-refractivity contribution in [2.75, 3.05) is 13.2 Å². The van der Waals surface area contributed by atoms with Gasteiger partial charge in [0.15, 0.2) is 0 Å². The first-order chi connectivity index (χ1) is 11.9. The fourth-order valence-corrected chi connectivity index (χ4v) is 3.09. The second-order valence-electron chi connectivity index (χ2n) is 5.36. The van der Waals surface area contributed by atoms with E-state index in [0.29, 0.717) is 22.5 Å². The number of aromatic nitrogens is 1. The largest absolute Gasteiger partial charge is 0.462 e.